The molecule has 0 N–H and O–H groups in total. The van der Waals surface area contributed by atoms with E-state index in [1.807, 2.05) is 92.6 Å². The molecule has 0 aliphatic heterocycles. The van der Waals surface area contributed by atoms with Gasteiger partial charge >= 0.3 is 0 Å². The Bertz CT molecular complexity index is 1260. The van der Waals surface area contributed by atoms with Crippen LogP contribution in [0.25, 0.3) is 10.2 Å². The lowest BCUT2D eigenvalue weighted by Gasteiger charge is -2.16. The van der Waals surface area contributed by atoms with Crippen molar-refractivity contribution in [1.82, 2.24) is 4.98 Å². The Kier molecular flexibility index (Phi) is 6.18. The number of aromatic nitrogens is 1. The summed E-state index contributed by atoms with van der Waals surface area (Å²) in [6.45, 7) is 2.03. The molecular formula is C25H24N4O2S. The average molecular weight is 445 g/mol. The second kappa shape index (κ2) is 9.20. The van der Waals surface area contributed by atoms with E-state index in [4.69, 9.17) is 4.74 Å². The smallest absolute Gasteiger partial charge is 0.280 e. The molecule has 0 saturated carbocycles. The molecule has 3 aromatic carbocycles. The summed E-state index contributed by atoms with van der Waals surface area (Å²) in [6.07, 6.45) is 1.68. The van der Waals surface area contributed by atoms with Crippen LogP contribution in [0.5, 0.6) is 5.75 Å². The van der Waals surface area contributed by atoms with E-state index in [0.717, 1.165) is 32.8 Å². The molecule has 4 aromatic rings. The summed E-state index contributed by atoms with van der Waals surface area (Å²) in [6, 6.07) is 21.1. The number of benzene rings is 3. The van der Waals surface area contributed by atoms with Crippen molar-refractivity contribution < 1.29 is 9.53 Å². The molecule has 0 atom stereocenters. The van der Waals surface area contributed by atoms with E-state index in [1.165, 1.54) is 16.3 Å². The molecule has 0 saturated heterocycles. The average Bonchev–Trinajstić information content (AvgIpc) is 3.23. The molecule has 0 spiro atoms. The van der Waals surface area contributed by atoms with Gasteiger partial charge in [-0.05, 0) is 55.0 Å². The van der Waals surface area contributed by atoms with Gasteiger partial charge in [0.15, 0.2) is 0 Å². The molecule has 7 heteroatoms. The number of nitrogens with zero attached hydrogens (tertiary/aromatic N) is 4. The highest BCUT2D eigenvalue weighted by Gasteiger charge is 2.21. The molecule has 0 aliphatic rings. The first kappa shape index (κ1) is 21.5. The number of anilines is 2. The van der Waals surface area contributed by atoms with Gasteiger partial charge in [-0.3, -0.25) is 4.79 Å². The first-order chi connectivity index (χ1) is 15.4. The highest BCUT2D eigenvalue weighted by molar-refractivity contribution is 7.22. The Morgan fingerprint density at radius 2 is 1.75 bits per heavy atom. The number of carbonyl (C=O) groups excluding carboxylic acids is 1. The van der Waals surface area contributed by atoms with Gasteiger partial charge in [0, 0.05) is 25.3 Å². The SMILES string of the molecule is COc1ccc2nc(N(/N=C/c3ccc(C)cc3)C(=O)c3ccc(N(C)C)cc3)sc2c1. The zero-order valence-corrected chi connectivity index (χ0v) is 19.3. The van der Waals surface area contributed by atoms with Crippen LogP contribution >= 0.6 is 11.3 Å². The van der Waals surface area contributed by atoms with Crippen molar-refractivity contribution in [2.24, 2.45) is 5.10 Å². The number of ether oxygens (including phenoxy) is 1. The molecule has 0 radical (unpaired) electrons. The lowest BCUT2D eigenvalue weighted by atomic mass is 10.2. The molecule has 6 nitrogen and oxygen atoms in total. The third-order valence-corrected chi connectivity index (χ3v) is 5.98. The maximum atomic E-state index is 13.4. The standard InChI is InChI=1S/C25H24N4O2S/c1-17-5-7-18(8-6-17)16-26-29(24(30)19-9-11-20(12-10-19)28(2)3)25-27-22-14-13-21(31-4)15-23(22)32-25/h5-16H,1-4H3/b26-16+. The number of hydrazone groups is 1. The fourth-order valence-corrected chi connectivity index (χ4v) is 4.05. The highest BCUT2D eigenvalue weighted by atomic mass is 32.1. The molecule has 0 aliphatic carbocycles. The molecule has 32 heavy (non-hydrogen) atoms. The topological polar surface area (TPSA) is 58.0 Å². The lowest BCUT2D eigenvalue weighted by molar-refractivity contribution is 0.0988. The Balaban J connectivity index is 1.73. The first-order valence-corrected chi connectivity index (χ1v) is 10.9. The lowest BCUT2D eigenvalue weighted by Crippen LogP contribution is -2.25. The Morgan fingerprint density at radius 1 is 1.03 bits per heavy atom. The zero-order chi connectivity index (χ0) is 22.7. The Hall–Kier alpha value is -3.71. The van der Waals surface area contributed by atoms with Gasteiger partial charge in [-0.15, -0.1) is 0 Å². The second-order valence-electron chi connectivity index (χ2n) is 7.54. The van der Waals surface area contributed by atoms with Crippen LogP contribution < -0.4 is 14.6 Å². The number of hydrogen-bond donors (Lipinski definition) is 0. The molecule has 4 rings (SSSR count). The van der Waals surface area contributed by atoms with Crippen LogP contribution in [-0.2, 0) is 0 Å². The minimum atomic E-state index is -0.246. The maximum Gasteiger partial charge on any atom is 0.280 e. The quantitative estimate of drug-likeness (QED) is 0.297. The van der Waals surface area contributed by atoms with Gasteiger partial charge in [-0.25, -0.2) is 4.98 Å². The van der Waals surface area contributed by atoms with Gasteiger partial charge < -0.3 is 9.64 Å². The van der Waals surface area contributed by atoms with Crippen LogP contribution in [0.4, 0.5) is 10.8 Å². The van der Waals surface area contributed by atoms with Crippen LogP contribution in [0.1, 0.15) is 21.5 Å². The van der Waals surface area contributed by atoms with Crippen molar-refractivity contribution in [1.29, 1.82) is 0 Å². The summed E-state index contributed by atoms with van der Waals surface area (Å²) < 4.78 is 6.24. The summed E-state index contributed by atoms with van der Waals surface area (Å²) in [4.78, 5) is 20.1. The van der Waals surface area contributed by atoms with Gasteiger partial charge in [-0.2, -0.15) is 10.1 Å². The minimum Gasteiger partial charge on any atom is -0.497 e. The molecular weight excluding hydrogens is 420 g/mol. The number of hydrogen-bond acceptors (Lipinski definition) is 6. The number of thiazole rings is 1. The Labute approximate surface area is 191 Å². The first-order valence-electron chi connectivity index (χ1n) is 10.1. The van der Waals surface area contributed by atoms with Crippen LogP contribution in [0.2, 0.25) is 0 Å². The van der Waals surface area contributed by atoms with Crippen molar-refractivity contribution in [3.05, 3.63) is 83.4 Å². The molecule has 1 heterocycles. The summed E-state index contributed by atoms with van der Waals surface area (Å²) in [5.74, 6) is 0.498. The molecule has 0 bridgehead atoms. The van der Waals surface area contributed by atoms with E-state index in [9.17, 15) is 4.79 Å². The largest absolute Gasteiger partial charge is 0.497 e. The van der Waals surface area contributed by atoms with E-state index >= 15 is 0 Å². The van der Waals surface area contributed by atoms with Gasteiger partial charge in [0.2, 0.25) is 5.13 Å². The van der Waals surface area contributed by atoms with E-state index in [-0.39, 0.29) is 5.91 Å². The maximum absolute atomic E-state index is 13.4. The fraction of sp³-hybridized carbons (Fsp3) is 0.160. The van der Waals surface area contributed by atoms with Gasteiger partial charge in [0.05, 0.1) is 23.5 Å². The predicted octanol–water partition coefficient (Wildman–Crippen LogP) is 5.36. The van der Waals surface area contributed by atoms with E-state index in [2.05, 4.69) is 10.1 Å². The summed E-state index contributed by atoms with van der Waals surface area (Å²) in [7, 11) is 5.55. The van der Waals surface area contributed by atoms with Crippen LogP contribution in [-0.4, -0.2) is 38.3 Å². The predicted molar refractivity (Wildman–Crippen MR) is 133 cm³/mol. The summed E-state index contributed by atoms with van der Waals surface area (Å²) >= 11 is 1.40. The molecule has 0 fully saturated rings. The van der Waals surface area contributed by atoms with Crippen molar-refractivity contribution >= 4 is 44.5 Å². The van der Waals surface area contributed by atoms with Crippen LogP contribution in [0, 0.1) is 6.92 Å². The minimum absolute atomic E-state index is 0.246. The molecule has 1 amide bonds. The molecule has 162 valence electrons. The number of amides is 1. The van der Waals surface area contributed by atoms with E-state index in [1.54, 1.807) is 13.3 Å². The van der Waals surface area contributed by atoms with Gasteiger partial charge in [-0.1, -0.05) is 41.2 Å². The summed E-state index contributed by atoms with van der Waals surface area (Å²) in [5, 5.41) is 6.39. The van der Waals surface area contributed by atoms with Gasteiger partial charge in [0.25, 0.3) is 5.91 Å². The number of aryl methyl sites for hydroxylation is 1. The monoisotopic (exact) mass is 444 g/mol. The number of carbonyl (C=O) groups is 1. The molecule has 0 unspecified atom stereocenters. The molecule has 1 aromatic heterocycles. The van der Waals surface area contributed by atoms with Crippen molar-refractivity contribution in [3.8, 4) is 5.75 Å². The van der Waals surface area contributed by atoms with E-state index < -0.39 is 0 Å². The number of rotatable bonds is 6. The van der Waals surface area contributed by atoms with Crippen LogP contribution in [0.15, 0.2) is 71.8 Å². The van der Waals surface area contributed by atoms with Crippen molar-refractivity contribution in [3.63, 3.8) is 0 Å². The third kappa shape index (κ3) is 4.63. The number of fused-ring (bicyclic) bond motifs is 1. The van der Waals surface area contributed by atoms with Crippen molar-refractivity contribution in [2.45, 2.75) is 6.92 Å². The number of methoxy groups -OCH3 is 1. The normalized spacial score (nSPS) is 11.1. The second-order valence-corrected chi connectivity index (χ2v) is 8.55. The zero-order valence-electron chi connectivity index (χ0n) is 18.4. The van der Waals surface area contributed by atoms with Crippen molar-refractivity contribution in [2.75, 3.05) is 31.1 Å². The summed E-state index contributed by atoms with van der Waals surface area (Å²) in [5.41, 5.74) is 4.41. The van der Waals surface area contributed by atoms with Crippen LogP contribution in [0.3, 0.4) is 0 Å². The van der Waals surface area contributed by atoms with E-state index in [0.29, 0.717) is 10.7 Å². The fourth-order valence-electron chi connectivity index (χ4n) is 3.10. The Morgan fingerprint density at radius 3 is 2.41 bits per heavy atom. The highest BCUT2D eigenvalue weighted by Crippen LogP contribution is 2.32. The third-order valence-electron chi connectivity index (χ3n) is 4.99. The van der Waals surface area contributed by atoms with Gasteiger partial charge in [0.1, 0.15) is 5.75 Å².